The van der Waals surface area contributed by atoms with E-state index >= 15 is 0 Å². The average Bonchev–Trinajstić information content (AvgIpc) is 3.37. The Kier molecular flexibility index (Phi) is 22.7. The van der Waals surface area contributed by atoms with Crippen LogP contribution in [0.25, 0.3) is 12.2 Å². The number of nitrogens with zero attached hydrogens (tertiary/aromatic N) is 2. The van der Waals surface area contributed by atoms with Gasteiger partial charge in [0.05, 0.1) is 24.5 Å². The minimum absolute atomic E-state index is 0. The Balaban J connectivity index is 0.000000284. The van der Waals surface area contributed by atoms with Crippen LogP contribution >= 0.6 is 26.9 Å². The predicted molar refractivity (Wildman–Crippen MR) is 290 cm³/mol. The van der Waals surface area contributed by atoms with Crippen molar-refractivity contribution in [2.45, 2.75) is 44.9 Å². The maximum Gasteiger partial charge on any atom is 0.116 e. The highest BCUT2D eigenvalue weighted by atomic mass is 35.5. The van der Waals surface area contributed by atoms with E-state index in [4.69, 9.17) is 10.5 Å². The molecule has 8 rings (SSSR count). The molecule has 0 fully saturated rings. The number of rotatable bonds is 16. The summed E-state index contributed by atoms with van der Waals surface area (Å²) in [7, 11) is -3.81. The molecule has 68 heavy (non-hydrogen) atoms. The molecule has 0 amide bonds. The van der Waals surface area contributed by atoms with Crippen LogP contribution in [0.5, 0.6) is 0 Å². The molecule has 0 aromatic heterocycles. The maximum atomic E-state index is 8.90. The van der Waals surface area contributed by atoms with Crippen molar-refractivity contribution in [3.8, 4) is 12.1 Å². The quantitative estimate of drug-likeness (QED) is 0.0734. The van der Waals surface area contributed by atoms with Gasteiger partial charge in [0.1, 0.15) is 46.4 Å². The van der Waals surface area contributed by atoms with E-state index < -0.39 is 14.5 Å². The minimum Gasteiger partial charge on any atom is -1.00 e. The van der Waals surface area contributed by atoms with Crippen LogP contribution in [0.4, 0.5) is 0 Å². The Bertz CT molecular complexity index is 2650. The second-order valence-electron chi connectivity index (χ2n) is 16.2. The first-order valence-electron chi connectivity index (χ1n) is 22.4. The normalized spacial score (nSPS) is 11.0. The second-order valence-corrected chi connectivity index (χ2v) is 23.2. The van der Waals surface area contributed by atoms with Gasteiger partial charge in [0.25, 0.3) is 0 Å². The zero-order valence-corrected chi connectivity index (χ0v) is 42.5. The van der Waals surface area contributed by atoms with Crippen molar-refractivity contribution < 1.29 is 24.8 Å². The van der Waals surface area contributed by atoms with Crippen molar-refractivity contribution in [2.24, 2.45) is 0 Å². The van der Waals surface area contributed by atoms with Crippen molar-refractivity contribution in [2.75, 3.05) is 0 Å². The Morgan fingerprint density at radius 2 is 0.750 bits per heavy atom. The van der Waals surface area contributed by atoms with Gasteiger partial charge in [0, 0.05) is 12.8 Å². The van der Waals surface area contributed by atoms with Crippen molar-refractivity contribution >= 4 is 70.9 Å². The van der Waals surface area contributed by atoms with Crippen LogP contribution in [0, 0.1) is 22.7 Å². The van der Waals surface area contributed by atoms with E-state index in [1.807, 2.05) is 0 Å². The molecule has 0 aliphatic rings. The maximum absolute atomic E-state index is 8.90. The number of hydrogen-bond acceptors (Lipinski definition) is 2. The van der Waals surface area contributed by atoms with Gasteiger partial charge in [-0.15, -0.1) is 12.4 Å². The molecular weight excluding hydrogens is 929 g/mol. The van der Waals surface area contributed by atoms with Crippen LogP contribution in [0.3, 0.4) is 0 Å². The molecule has 8 aromatic carbocycles. The number of nitriles is 2. The fourth-order valence-electron chi connectivity index (χ4n) is 8.64. The summed E-state index contributed by atoms with van der Waals surface area (Å²) in [5, 5.41) is 26.1. The molecule has 0 aliphatic heterocycles. The topological polar surface area (TPSA) is 47.6 Å². The lowest BCUT2D eigenvalue weighted by atomic mass is 10.1. The van der Waals surface area contributed by atoms with Crippen LogP contribution in [0.2, 0.25) is 0 Å². The first-order valence-corrected chi connectivity index (χ1v) is 26.4. The second kappa shape index (κ2) is 28.3. The fourth-order valence-corrected chi connectivity index (χ4v) is 17.1. The molecule has 8 aromatic rings. The number of hydrogen-bond donors (Lipinski definition) is 0. The third-order valence-corrected chi connectivity index (χ3v) is 20.5. The van der Waals surface area contributed by atoms with Gasteiger partial charge in [-0.1, -0.05) is 169 Å². The summed E-state index contributed by atoms with van der Waals surface area (Å²) in [4.78, 5) is 0. The molecule has 0 N–H and O–H groups in total. The van der Waals surface area contributed by atoms with Crippen molar-refractivity contribution in [3.63, 3.8) is 0 Å². The first-order chi connectivity index (χ1) is 32.0. The van der Waals surface area contributed by atoms with Gasteiger partial charge in [0.15, 0.2) is 0 Å². The molecule has 0 saturated heterocycles. The van der Waals surface area contributed by atoms with E-state index in [1.54, 1.807) is 0 Å². The van der Waals surface area contributed by atoms with Crippen LogP contribution in [0.1, 0.15) is 54.9 Å². The van der Waals surface area contributed by atoms with Gasteiger partial charge in [-0.25, -0.2) is 0 Å². The molecule has 2 nitrogen and oxygen atoms in total. The SMILES string of the molecule is CC(=Cc1cccc(C[P+](c2ccccc2)(c2ccccc2)c2ccccc2)c1)CCC#N.Cl.N#CCCC=Cc1cccc(C[P+](c2ccccc2)(c2ccccc2)c2ccccc2)c1.[Cl-].[Cl-]. The number of unbranched alkanes of at least 4 members (excludes halogenated alkanes) is 1. The summed E-state index contributed by atoms with van der Waals surface area (Å²) in [6.45, 7) is 2.11. The first kappa shape index (κ1) is 54.6. The Morgan fingerprint density at radius 1 is 0.426 bits per heavy atom. The molecule has 0 heterocycles. The lowest BCUT2D eigenvalue weighted by Gasteiger charge is -2.28. The molecule has 342 valence electrons. The largest absolute Gasteiger partial charge is 1.00 e. The highest BCUT2D eigenvalue weighted by Gasteiger charge is 2.46. The minimum atomic E-state index is -1.91. The zero-order valence-electron chi connectivity index (χ0n) is 38.4. The van der Waals surface area contributed by atoms with E-state index in [9.17, 15) is 0 Å². The molecule has 0 spiro atoms. The molecule has 0 saturated carbocycles. The van der Waals surface area contributed by atoms with E-state index in [2.05, 4.69) is 268 Å². The molecule has 0 aliphatic carbocycles. The standard InChI is InChI=1S/C31H29NP.C30H27NP.3ClH/c1-26(13-12-22-32)23-27-14-11-15-28(24-27)25-33(29-16-5-2-6-17-29,30-18-7-3-8-19-30)31-20-9-4-10-21-31;31-23-12-4-5-14-26-15-13-16-27(24-26)25-32(28-17-6-1-7-18-28,29-19-8-2-9-20-29)30-21-10-3-11-22-30;;;/h2-11,14-21,23-24H,12-13,25H2,1H3;1-3,5-11,13-22,24H,4,12,25H2;3*1H/q2*+1;;;/p-2. The molecule has 7 heteroatoms. The van der Waals surface area contributed by atoms with Gasteiger partial charge in [-0.3, -0.25) is 0 Å². The van der Waals surface area contributed by atoms with Crippen molar-refractivity contribution in [1.82, 2.24) is 0 Å². The third-order valence-electron chi connectivity index (χ3n) is 11.7. The Morgan fingerprint density at radius 3 is 1.09 bits per heavy atom. The Hall–Kier alpha value is -6.05. The van der Waals surface area contributed by atoms with E-state index in [1.165, 1.54) is 59.7 Å². The summed E-state index contributed by atoms with van der Waals surface area (Å²) in [6, 6.07) is 88.2. The summed E-state index contributed by atoms with van der Waals surface area (Å²) in [5.74, 6) is 0. The van der Waals surface area contributed by atoms with Crippen LogP contribution in [-0.4, -0.2) is 0 Å². The monoisotopic (exact) mass is 984 g/mol. The van der Waals surface area contributed by atoms with Crippen LogP contribution < -0.4 is 56.6 Å². The van der Waals surface area contributed by atoms with Crippen LogP contribution in [-0.2, 0) is 12.3 Å². The number of benzene rings is 8. The summed E-state index contributed by atoms with van der Waals surface area (Å²) < 4.78 is 0. The highest BCUT2D eigenvalue weighted by molar-refractivity contribution is 7.95. The average molecular weight is 986 g/mol. The van der Waals surface area contributed by atoms with Crippen molar-refractivity contribution in [1.29, 1.82) is 10.5 Å². The van der Waals surface area contributed by atoms with Crippen LogP contribution in [0.15, 0.2) is 242 Å². The number of allylic oxidation sites excluding steroid dienone is 2. The van der Waals surface area contributed by atoms with E-state index in [0.717, 1.165) is 25.2 Å². The highest BCUT2D eigenvalue weighted by Crippen LogP contribution is 2.59. The van der Waals surface area contributed by atoms with Gasteiger partial charge < -0.3 is 24.8 Å². The van der Waals surface area contributed by atoms with E-state index in [-0.39, 0.29) is 37.2 Å². The van der Waals surface area contributed by atoms with Crippen molar-refractivity contribution in [3.05, 3.63) is 264 Å². The van der Waals surface area contributed by atoms with Gasteiger partial charge >= 0.3 is 0 Å². The summed E-state index contributed by atoms with van der Waals surface area (Å²) >= 11 is 0. The summed E-state index contributed by atoms with van der Waals surface area (Å²) in [6.07, 6.45) is 11.1. The molecular formula is C61H57Cl3N2P2. The fraction of sp³-hybridized carbons (Fsp3) is 0.115. The third kappa shape index (κ3) is 14.0. The molecule has 0 bridgehead atoms. The molecule has 0 radical (unpaired) electrons. The van der Waals surface area contributed by atoms with E-state index in [0.29, 0.717) is 12.8 Å². The smallest absolute Gasteiger partial charge is 0.116 e. The lowest BCUT2D eigenvalue weighted by Crippen LogP contribution is -3.00. The molecule has 0 atom stereocenters. The zero-order chi connectivity index (χ0) is 45.0. The number of halogens is 3. The molecule has 0 unspecified atom stereocenters. The Labute approximate surface area is 425 Å². The predicted octanol–water partition coefficient (Wildman–Crippen LogP) is 7.82. The van der Waals surface area contributed by atoms with Gasteiger partial charge in [0.2, 0.25) is 0 Å². The van der Waals surface area contributed by atoms with Gasteiger partial charge in [-0.05, 0) is 127 Å². The van der Waals surface area contributed by atoms with Gasteiger partial charge in [-0.2, -0.15) is 10.5 Å². The summed E-state index contributed by atoms with van der Waals surface area (Å²) in [5.41, 5.74) is 6.30. The lowest BCUT2D eigenvalue weighted by molar-refractivity contribution is -0.001000.